The van der Waals surface area contributed by atoms with Crippen LogP contribution in [0.3, 0.4) is 0 Å². The highest BCUT2D eigenvalue weighted by Crippen LogP contribution is 2.28. The van der Waals surface area contributed by atoms with Crippen LogP contribution in [0.15, 0.2) is 90.3 Å². The molecule has 0 unspecified atom stereocenters. The van der Waals surface area contributed by atoms with Gasteiger partial charge in [0.15, 0.2) is 0 Å². The summed E-state index contributed by atoms with van der Waals surface area (Å²) >= 11 is 1.31. The lowest BCUT2D eigenvalue weighted by Crippen LogP contribution is -2.44. The zero-order valence-electron chi connectivity index (χ0n) is 21.5. The molecule has 0 aliphatic rings. The van der Waals surface area contributed by atoms with E-state index < -0.39 is 35.3 Å². The molecule has 0 saturated carbocycles. The second kappa shape index (κ2) is 12.6. The van der Waals surface area contributed by atoms with Crippen LogP contribution in [0.2, 0.25) is 0 Å². The molecule has 0 radical (unpaired) electrons. The molecule has 0 aliphatic heterocycles. The van der Waals surface area contributed by atoms with Crippen molar-refractivity contribution >= 4 is 23.2 Å². The molecule has 1 atom stereocenters. The lowest BCUT2D eigenvalue weighted by Gasteiger charge is -2.30. The molecule has 0 spiro atoms. The van der Waals surface area contributed by atoms with Crippen LogP contribution in [0.5, 0.6) is 0 Å². The Morgan fingerprint density at radius 3 is 2.07 bits per heavy atom. The van der Waals surface area contributed by atoms with Gasteiger partial charge in [0, 0.05) is 23.5 Å². The topological polar surface area (TPSA) is 93.0 Å². The molecule has 3 aromatic carbocycles. The van der Waals surface area contributed by atoms with Crippen molar-refractivity contribution in [3.63, 3.8) is 0 Å². The number of tetrazole rings is 1. The Bertz CT molecular complexity index is 1610. The second-order valence-electron chi connectivity index (χ2n) is 9.06. The summed E-state index contributed by atoms with van der Waals surface area (Å²) in [6.45, 7) is -0.237. The average molecular weight is 577 g/mol. The van der Waals surface area contributed by atoms with Crippen molar-refractivity contribution in [2.24, 2.45) is 0 Å². The van der Waals surface area contributed by atoms with Crippen molar-refractivity contribution in [3.05, 3.63) is 124 Å². The molecule has 0 bridgehead atoms. The number of rotatable bonds is 10. The van der Waals surface area contributed by atoms with Crippen LogP contribution in [0.4, 0.5) is 13.2 Å². The molecule has 0 aliphatic carbocycles. The highest BCUT2D eigenvalue weighted by Gasteiger charge is 2.33. The molecule has 12 heteroatoms. The smallest absolute Gasteiger partial charge is 0.248 e. The Balaban J connectivity index is 1.42. The van der Waals surface area contributed by atoms with Gasteiger partial charge in [-0.3, -0.25) is 9.59 Å². The maximum atomic E-state index is 13.8. The fraction of sp³-hybridized carbons (Fsp3) is 0.138. The summed E-state index contributed by atoms with van der Waals surface area (Å²) in [6.07, 6.45) is 0. The van der Waals surface area contributed by atoms with E-state index in [0.717, 1.165) is 4.80 Å². The van der Waals surface area contributed by atoms with E-state index in [2.05, 4.69) is 20.7 Å². The molecule has 5 aromatic rings. The van der Waals surface area contributed by atoms with Crippen LogP contribution >= 0.6 is 11.3 Å². The molecule has 2 amide bonds. The van der Waals surface area contributed by atoms with E-state index in [9.17, 15) is 22.8 Å². The van der Waals surface area contributed by atoms with E-state index in [-0.39, 0.29) is 25.5 Å². The maximum Gasteiger partial charge on any atom is 0.248 e. The summed E-state index contributed by atoms with van der Waals surface area (Å²) in [6, 6.07) is 19.4. The monoisotopic (exact) mass is 576 g/mol. The van der Waals surface area contributed by atoms with Crippen LogP contribution in [0.1, 0.15) is 22.0 Å². The summed E-state index contributed by atoms with van der Waals surface area (Å²) in [5, 5.41) is 16.8. The van der Waals surface area contributed by atoms with Gasteiger partial charge in [-0.15, -0.1) is 21.5 Å². The summed E-state index contributed by atoms with van der Waals surface area (Å²) in [5.74, 6) is -1.98. The number of thiophene rings is 1. The quantitative estimate of drug-likeness (QED) is 0.255. The predicted octanol–water partition coefficient (Wildman–Crippen LogP) is 4.91. The Kier molecular flexibility index (Phi) is 8.49. The number of nitrogens with one attached hydrogen (secondary N) is 1. The molecule has 5 rings (SSSR count). The van der Waals surface area contributed by atoms with Crippen LogP contribution in [0, 0.1) is 17.5 Å². The first kappa shape index (κ1) is 27.7. The van der Waals surface area contributed by atoms with Gasteiger partial charge in [-0.1, -0.05) is 30.3 Å². The second-order valence-corrected chi connectivity index (χ2v) is 10.0. The minimum Gasteiger partial charge on any atom is -0.350 e. The number of hydrogen-bond donors (Lipinski definition) is 1. The Morgan fingerprint density at radius 1 is 0.854 bits per heavy atom. The summed E-state index contributed by atoms with van der Waals surface area (Å²) < 4.78 is 40.3. The van der Waals surface area contributed by atoms with Crippen LogP contribution in [-0.2, 0) is 29.2 Å². The maximum absolute atomic E-state index is 13.8. The molecule has 2 heterocycles. The lowest BCUT2D eigenvalue weighted by molar-refractivity contribution is -0.142. The van der Waals surface area contributed by atoms with Crippen molar-refractivity contribution in [1.82, 2.24) is 30.4 Å². The average Bonchev–Trinajstić information content (AvgIpc) is 3.67. The summed E-state index contributed by atoms with van der Waals surface area (Å²) in [5.41, 5.74) is 1.80. The van der Waals surface area contributed by atoms with Gasteiger partial charge in [-0.2, -0.15) is 4.80 Å². The van der Waals surface area contributed by atoms with Crippen LogP contribution in [-0.4, -0.2) is 36.9 Å². The van der Waals surface area contributed by atoms with Crippen LogP contribution < -0.4 is 5.32 Å². The zero-order chi connectivity index (χ0) is 28.8. The van der Waals surface area contributed by atoms with E-state index in [0.29, 0.717) is 21.6 Å². The van der Waals surface area contributed by atoms with Gasteiger partial charge in [-0.05, 0) is 76.3 Å². The third-order valence-electron chi connectivity index (χ3n) is 6.17. The van der Waals surface area contributed by atoms with E-state index >= 15 is 0 Å². The van der Waals surface area contributed by atoms with Crippen molar-refractivity contribution in [2.45, 2.75) is 25.7 Å². The first-order chi connectivity index (χ1) is 19.9. The Morgan fingerprint density at radius 2 is 1.46 bits per heavy atom. The minimum absolute atomic E-state index is 0.00877. The largest absolute Gasteiger partial charge is 0.350 e. The van der Waals surface area contributed by atoms with E-state index in [4.69, 9.17) is 0 Å². The number of amides is 2. The SMILES string of the molecule is O=C(NCc1ccc(F)cc1)[C@H](c1cccs1)N(Cc1ccc(F)cc1)C(=O)Cn1nnc(-c2ccc(F)cc2)n1. The van der Waals surface area contributed by atoms with E-state index in [1.165, 1.54) is 76.9 Å². The van der Waals surface area contributed by atoms with Crippen molar-refractivity contribution in [3.8, 4) is 11.4 Å². The minimum atomic E-state index is -1.03. The molecule has 0 saturated heterocycles. The van der Waals surface area contributed by atoms with Crippen molar-refractivity contribution in [1.29, 1.82) is 0 Å². The zero-order valence-corrected chi connectivity index (χ0v) is 22.3. The number of aromatic nitrogens is 4. The third kappa shape index (κ3) is 7.03. The molecule has 208 valence electrons. The van der Waals surface area contributed by atoms with Gasteiger partial charge < -0.3 is 10.2 Å². The highest BCUT2D eigenvalue weighted by molar-refractivity contribution is 7.10. The lowest BCUT2D eigenvalue weighted by atomic mass is 10.1. The fourth-order valence-electron chi connectivity index (χ4n) is 4.11. The number of hydrogen-bond acceptors (Lipinski definition) is 6. The molecule has 1 N–H and O–H groups in total. The van der Waals surface area contributed by atoms with Crippen LogP contribution in [0.25, 0.3) is 11.4 Å². The predicted molar refractivity (Wildman–Crippen MR) is 145 cm³/mol. The van der Waals surface area contributed by atoms with Gasteiger partial charge in [0.05, 0.1) is 0 Å². The third-order valence-corrected chi connectivity index (χ3v) is 7.10. The van der Waals surface area contributed by atoms with E-state index in [1.807, 2.05) is 0 Å². The van der Waals surface area contributed by atoms with Gasteiger partial charge in [0.2, 0.25) is 17.6 Å². The number of halogens is 3. The molecule has 41 heavy (non-hydrogen) atoms. The highest BCUT2D eigenvalue weighted by atomic mass is 32.1. The Labute approximate surface area is 237 Å². The van der Waals surface area contributed by atoms with Gasteiger partial charge in [0.25, 0.3) is 0 Å². The normalized spacial score (nSPS) is 11.7. The molecule has 8 nitrogen and oxygen atoms in total. The fourth-order valence-corrected chi connectivity index (χ4v) is 4.94. The molecular weight excluding hydrogens is 553 g/mol. The molecule has 2 aromatic heterocycles. The summed E-state index contributed by atoms with van der Waals surface area (Å²) in [4.78, 5) is 30.5. The number of nitrogens with zero attached hydrogens (tertiary/aromatic N) is 5. The first-order valence-corrected chi connectivity index (χ1v) is 13.4. The van der Waals surface area contributed by atoms with Crippen molar-refractivity contribution < 1.29 is 22.8 Å². The van der Waals surface area contributed by atoms with E-state index in [1.54, 1.807) is 29.6 Å². The molecule has 0 fully saturated rings. The first-order valence-electron chi connectivity index (χ1n) is 12.5. The standard InChI is InChI=1S/C29H23F3N6O2S/c30-22-9-3-19(4-10-22)16-33-29(40)27(25-2-1-15-41-25)37(17-20-5-11-23(31)12-6-20)26(39)18-38-35-28(34-36-38)21-7-13-24(32)14-8-21/h1-15,27H,16-18H2,(H,33,40)/t27-/m0/s1. The molecular formula is C29H23F3N6O2S. The summed E-state index contributed by atoms with van der Waals surface area (Å²) in [7, 11) is 0. The number of carbonyl (C=O) groups excluding carboxylic acids is 2. The number of benzene rings is 3. The van der Waals surface area contributed by atoms with Crippen molar-refractivity contribution in [2.75, 3.05) is 0 Å². The number of carbonyl (C=O) groups is 2. The van der Waals surface area contributed by atoms with Gasteiger partial charge >= 0.3 is 0 Å². The van der Waals surface area contributed by atoms with Gasteiger partial charge in [0.1, 0.15) is 30.0 Å². The van der Waals surface area contributed by atoms with Gasteiger partial charge in [-0.25, -0.2) is 13.2 Å². The Hall–Kier alpha value is -4.84.